The molecule has 0 aliphatic heterocycles. The van der Waals surface area contributed by atoms with Gasteiger partial charge in [0.2, 0.25) is 11.8 Å². The van der Waals surface area contributed by atoms with Crippen LogP contribution in [0.15, 0.2) is 77.7 Å². The zero-order valence-corrected chi connectivity index (χ0v) is 24.4. The Morgan fingerprint density at radius 3 is 2.10 bits per heavy atom. The van der Waals surface area contributed by atoms with Crippen molar-refractivity contribution >= 4 is 39.1 Å². The van der Waals surface area contributed by atoms with Crippen molar-refractivity contribution in [2.75, 3.05) is 17.5 Å². The van der Waals surface area contributed by atoms with E-state index in [1.165, 1.54) is 41.3 Å². The van der Waals surface area contributed by atoms with Crippen LogP contribution in [0.2, 0.25) is 5.02 Å². The lowest BCUT2D eigenvalue weighted by Gasteiger charge is -2.32. The van der Waals surface area contributed by atoms with Crippen LogP contribution in [0.4, 0.5) is 10.1 Å². The van der Waals surface area contributed by atoms with Crippen LogP contribution in [0.5, 0.6) is 5.75 Å². The predicted molar refractivity (Wildman–Crippen MR) is 153 cm³/mol. The van der Waals surface area contributed by atoms with Crippen molar-refractivity contribution in [3.8, 4) is 5.75 Å². The second kappa shape index (κ2) is 13.6. The number of carbonyl (C=O) groups is 2. The van der Waals surface area contributed by atoms with E-state index in [-0.39, 0.29) is 29.1 Å². The monoisotopic (exact) mass is 589 g/mol. The third kappa shape index (κ3) is 7.95. The highest BCUT2D eigenvalue weighted by atomic mass is 35.5. The number of hydrogen-bond acceptors (Lipinski definition) is 5. The fourth-order valence-electron chi connectivity index (χ4n) is 3.91. The van der Waals surface area contributed by atoms with Crippen LogP contribution in [-0.2, 0) is 26.2 Å². The molecule has 40 heavy (non-hydrogen) atoms. The molecule has 0 heterocycles. The van der Waals surface area contributed by atoms with Gasteiger partial charge in [0.1, 0.15) is 24.2 Å². The lowest BCUT2D eigenvalue weighted by Crippen LogP contribution is -2.52. The van der Waals surface area contributed by atoms with E-state index in [9.17, 15) is 22.4 Å². The molecule has 11 heteroatoms. The molecule has 3 aromatic rings. The lowest BCUT2D eigenvalue weighted by atomic mass is 10.1. The molecule has 214 valence electrons. The first-order chi connectivity index (χ1) is 18.9. The highest BCUT2D eigenvalue weighted by Gasteiger charge is 2.32. The molecule has 1 N–H and O–H groups in total. The summed E-state index contributed by atoms with van der Waals surface area (Å²) in [5.74, 6) is -1.08. The van der Waals surface area contributed by atoms with E-state index in [4.69, 9.17) is 16.3 Å². The van der Waals surface area contributed by atoms with E-state index >= 15 is 0 Å². The van der Waals surface area contributed by atoms with Crippen LogP contribution in [0.1, 0.15) is 33.3 Å². The molecule has 0 saturated heterocycles. The summed E-state index contributed by atoms with van der Waals surface area (Å²) in [5.41, 5.74) is 0.791. The number of carbonyl (C=O) groups excluding carboxylic acids is 2. The molecule has 0 aliphatic rings. The Balaban J connectivity index is 2.01. The third-order valence-corrected chi connectivity index (χ3v) is 8.02. The Kier molecular flexibility index (Phi) is 10.5. The number of sulfonamides is 1. The first-order valence-electron chi connectivity index (χ1n) is 12.8. The van der Waals surface area contributed by atoms with Gasteiger partial charge in [-0.1, -0.05) is 23.7 Å². The van der Waals surface area contributed by atoms with E-state index in [1.54, 1.807) is 45.0 Å². The molecule has 0 bridgehead atoms. The first kappa shape index (κ1) is 30.9. The summed E-state index contributed by atoms with van der Waals surface area (Å²) in [4.78, 5) is 28.0. The Morgan fingerprint density at radius 1 is 0.950 bits per heavy atom. The van der Waals surface area contributed by atoms with E-state index in [0.717, 1.165) is 16.4 Å². The fourth-order valence-corrected chi connectivity index (χ4v) is 5.45. The van der Waals surface area contributed by atoms with Crippen LogP contribution < -0.4 is 14.4 Å². The van der Waals surface area contributed by atoms with Gasteiger partial charge in [0, 0.05) is 17.6 Å². The number of nitrogens with one attached hydrogen (secondary N) is 1. The van der Waals surface area contributed by atoms with Gasteiger partial charge >= 0.3 is 0 Å². The molecule has 0 aliphatic carbocycles. The zero-order chi connectivity index (χ0) is 29.4. The zero-order valence-electron chi connectivity index (χ0n) is 22.8. The summed E-state index contributed by atoms with van der Waals surface area (Å²) in [6.07, 6.45) is 0. The summed E-state index contributed by atoms with van der Waals surface area (Å²) < 4.78 is 47.7. The number of amides is 2. The topological polar surface area (TPSA) is 96.0 Å². The van der Waals surface area contributed by atoms with Crippen molar-refractivity contribution in [2.24, 2.45) is 0 Å². The van der Waals surface area contributed by atoms with Gasteiger partial charge < -0.3 is 15.0 Å². The molecule has 8 nitrogen and oxygen atoms in total. The molecule has 0 saturated carbocycles. The second-order valence-electron chi connectivity index (χ2n) is 9.38. The molecule has 0 fully saturated rings. The molecule has 0 aromatic heterocycles. The Labute approximate surface area is 239 Å². The van der Waals surface area contributed by atoms with Gasteiger partial charge in [-0.2, -0.15) is 0 Å². The lowest BCUT2D eigenvalue weighted by molar-refractivity contribution is -0.139. The summed E-state index contributed by atoms with van der Waals surface area (Å²) in [5, 5.41) is 3.31. The van der Waals surface area contributed by atoms with E-state index in [2.05, 4.69) is 5.32 Å². The van der Waals surface area contributed by atoms with E-state index < -0.39 is 34.3 Å². The van der Waals surface area contributed by atoms with Gasteiger partial charge in [0.05, 0.1) is 17.2 Å². The average molecular weight is 590 g/mol. The van der Waals surface area contributed by atoms with Crippen LogP contribution >= 0.6 is 11.6 Å². The van der Waals surface area contributed by atoms with Crippen molar-refractivity contribution < 1.29 is 27.1 Å². The van der Waals surface area contributed by atoms with Gasteiger partial charge in [-0.25, -0.2) is 12.8 Å². The van der Waals surface area contributed by atoms with Gasteiger partial charge in [-0.05, 0) is 93.9 Å². The van der Waals surface area contributed by atoms with E-state index in [1.807, 2.05) is 6.92 Å². The standard InChI is InChI=1S/C29H33ClFN3O5S/c1-5-39-26-14-16-27(17-15-26)40(37,38)34(25-12-10-24(31)11-13-25)19-28(35)33(21(4)29(36)32-20(2)3)18-22-6-8-23(30)9-7-22/h6-17,20-21H,5,18-19H2,1-4H3,(H,32,36)/t21-/m0/s1. The maximum atomic E-state index is 13.8. The highest BCUT2D eigenvalue weighted by molar-refractivity contribution is 7.92. The van der Waals surface area contributed by atoms with Gasteiger partial charge in [0.15, 0.2) is 0 Å². The minimum Gasteiger partial charge on any atom is -0.494 e. The molecule has 0 unspecified atom stereocenters. The van der Waals surface area contributed by atoms with Crippen LogP contribution in [0.3, 0.4) is 0 Å². The van der Waals surface area contributed by atoms with Crippen LogP contribution in [-0.4, -0.2) is 50.4 Å². The third-order valence-electron chi connectivity index (χ3n) is 5.98. The summed E-state index contributed by atoms with van der Waals surface area (Å²) >= 11 is 6.01. The van der Waals surface area contributed by atoms with Crippen molar-refractivity contribution in [3.63, 3.8) is 0 Å². The van der Waals surface area contributed by atoms with Crippen molar-refractivity contribution in [1.82, 2.24) is 10.2 Å². The molecular weight excluding hydrogens is 557 g/mol. The van der Waals surface area contributed by atoms with E-state index in [0.29, 0.717) is 22.9 Å². The molecule has 3 aromatic carbocycles. The van der Waals surface area contributed by atoms with Crippen LogP contribution in [0.25, 0.3) is 0 Å². The summed E-state index contributed by atoms with van der Waals surface area (Å²) in [6.45, 7) is 6.80. The Morgan fingerprint density at radius 2 is 1.55 bits per heavy atom. The number of rotatable bonds is 12. The van der Waals surface area contributed by atoms with Gasteiger partial charge in [-0.3, -0.25) is 13.9 Å². The van der Waals surface area contributed by atoms with Gasteiger partial charge in [0.25, 0.3) is 10.0 Å². The van der Waals surface area contributed by atoms with Crippen LogP contribution in [0, 0.1) is 5.82 Å². The number of ether oxygens (including phenoxy) is 1. The molecule has 0 spiro atoms. The number of benzene rings is 3. The van der Waals surface area contributed by atoms with Crippen molar-refractivity contribution in [1.29, 1.82) is 0 Å². The normalized spacial score (nSPS) is 12.1. The molecule has 0 radical (unpaired) electrons. The SMILES string of the molecule is CCOc1ccc(S(=O)(=O)N(CC(=O)N(Cc2ccc(Cl)cc2)[C@@H](C)C(=O)NC(C)C)c2ccc(F)cc2)cc1. The maximum Gasteiger partial charge on any atom is 0.264 e. The average Bonchev–Trinajstić information content (AvgIpc) is 2.91. The smallest absolute Gasteiger partial charge is 0.264 e. The largest absolute Gasteiger partial charge is 0.494 e. The fraction of sp³-hybridized carbons (Fsp3) is 0.310. The molecular formula is C29H33ClFN3O5S. The first-order valence-corrected chi connectivity index (χ1v) is 14.6. The van der Waals surface area contributed by atoms with Gasteiger partial charge in [-0.15, -0.1) is 0 Å². The maximum absolute atomic E-state index is 13.8. The second-order valence-corrected chi connectivity index (χ2v) is 11.7. The summed E-state index contributed by atoms with van der Waals surface area (Å²) in [6, 6.07) is 16.3. The highest BCUT2D eigenvalue weighted by Crippen LogP contribution is 2.26. The molecule has 2 amide bonds. The number of halogens is 2. The Bertz CT molecular complexity index is 1400. The Hall–Kier alpha value is -3.63. The number of hydrogen-bond donors (Lipinski definition) is 1. The van der Waals surface area contributed by atoms with Crippen molar-refractivity contribution in [3.05, 3.63) is 89.2 Å². The quantitative estimate of drug-likeness (QED) is 0.320. The number of anilines is 1. The number of nitrogens with zero attached hydrogens (tertiary/aromatic N) is 2. The summed E-state index contributed by atoms with van der Waals surface area (Å²) in [7, 11) is -4.28. The van der Waals surface area contributed by atoms with Crippen molar-refractivity contribution in [2.45, 2.75) is 51.2 Å². The molecule has 3 rings (SSSR count). The minimum absolute atomic E-state index is 0.0308. The minimum atomic E-state index is -4.28. The molecule has 1 atom stereocenters. The predicted octanol–water partition coefficient (Wildman–Crippen LogP) is 5.02.